The lowest BCUT2D eigenvalue weighted by Crippen LogP contribution is -2.48. The Morgan fingerprint density at radius 2 is 1.88 bits per heavy atom. The van der Waals surface area contributed by atoms with Crippen LogP contribution in [-0.2, 0) is 10.5 Å². The second-order valence-electron chi connectivity index (χ2n) is 6.31. The highest BCUT2D eigenvalue weighted by Gasteiger charge is 2.51. The molecule has 2 atom stereocenters. The number of fused-ring (bicyclic) bond motifs is 1. The van der Waals surface area contributed by atoms with E-state index in [-0.39, 0.29) is 12.3 Å². The number of rotatable bonds is 2. The van der Waals surface area contributed by atoms with Gasteiger partial charge in [-0.25, -0.2) is 0 Å². The fourth-order valence-corrected chi connectivity index (χ4v) is 5.19. The molecule has 1 N–H and O–H groups in total. The summed E-state index contributed by atoms with van der Waals surface area (Å²) in [6.45, 7) is 0. The Hall–Kier alpha value is -2.26. The lowest BCUT2D eigenvalue weighted by Gasteiger charge is -2.38. The molecule has 0 saturated carbocycles. The van der Waals surface area contributed by atoms with Crippen molar-refractivity contribution in [3.05, 3.63) is 81.3 Å². The van der Waals surface area contributed by atoms with Gasteiger partial charge in [0.1, 0.15) is 0 Å². The van der Waals surface area contributed by atoms with Crippen molar-refractivity contribution in [3.63, 3.8) is 0 Å². The van der Waals surface area contributed by atoms with Crippen LogP contribution in [0.1, 0.15) is 23.5 Å². The fraction of sp³-hybridized carbons (Fsp3) is 0.200. The molecule has 0 bridgehead atoms. The number of thioether (sulfide) groups is 1. The zero-order valence-corrected chi connectivity index (χ0v) is 15.3. The predicted octanol–water partition coefficient (Wildman–Crippen LogP) is 3.98. The van der Waals surface area contributed by atoms with Crippen LogP contribution in [0.2, 0.25) is 5.02 Å². The molecule has 1 saturated heterocycles. The van der Waals surface area contributed by atoms with Gasteiger partial charge < -0.3 is 5.11 Å². The number of halogens is 1. The molecule has 0 aliphatic carbocycles. The van der Waals surface area contributed by atoms with Gasteiger partial charge in [-0.05, 0) is 11.6 Å². The largest absolute Gasteiger partial charge is 0.366 e. The summed E-state index contributed by atoms with van der Waals surface area (Å²) in [5.41, 5.74) is 0.451. The monoisotopic (exact) mass is 382 g/mol. The summed E-state index contributed by atoms with van der Waals surface area (Å²) in [6, 6.07) is 18.6. The van der Waals surface area contributed by atoms with Crippen molar-refractivity contribution >= 4 is 29.3 Å². The molecule has 1 fully saturated rings. The van der Waals surface area contributed by atoms with Crippen molar-refractivity contribution in [1.82, 2.24) is 4.90 Å². The van der Waals surface area contributed by atoms with Crippen LogP contribution < -0.4 is 0 Å². The molecule has 2 aromatic rings. The Bertz CT molecular complexity index is 954. The van der Waals surface area contributed by atoms with Crippen molar-refractivity contribution in [1.29, 1.82) is 5.26 Å². The Balaban J connectivity index is 1.84. The normalized spacial score (nSPS) is 25.2. The maximum Gasteiger partial charge on any atom is 0.231 e. The first-order valence-electron chi connectivity index (χ1n) is 8.18. The van der Waals surface area contributed by atoms with Crippen LogP contribution in [0.4, 0.5) is 0 Å². The number of nitrogens with zero attached hydrogens (tertiary/aromatic N) is 2. The predicted molar refractivity (Wildman–Crippen MR) is 101 cm³/mol. The second kappa shape index (κ2) is 6.48. The van der Waals surface area contributed by atoms with E-state index in [1.54, 1.807) is 18.2 Å². The van der Waals surface area contributed by atoms with Crippen LogP contribution in [-0.4, -0.2) is 21.7 Å². The van der Waals surface area contributed by atoms with Crippen LogP contribution in [0.5, 0.6) is 0 Å². The standard InChI is InChI=1S/C20H15ClN2O2S/c21-17-9-5-4-8-14(17)15-10-18(24)23-19(16(15)11-22)26-12-20(23,25)13-6-2-1-3-7-13/h1-9,15,25H,10,12H2/t15-,20-/m1/s1. The number of benzene rings is 2. The summed E-state index contributed by atoms with van der Waals surface area (Å²) in [5.74, 6) is -0.309. The van der Waals surface area contributed by atoms with E-state index in [1.165, 1.54) is 16.7 Å². The van der Waals surface area contributed by atoms with Gasteiger partial charge >= 0.3 is 0 Å². The van der Waals surface area contributed by atoms with E-state index in [0.29, 0.717) is 26.9 Å². The average Bonchev–Trinajstić information content (AvgIpc) is 3.02. The van der Waals surface area contributed by atoms with Crippen molar-refractivity contribution < 1.29 is 9.90 Å². The third-order valence-electron chi connectivity index (χ3n) is 4.83. The molecule has 2 aliphatic rings. The van der Waals surface area contributed by atoms with Crippen LogP contribution in [0.3, 0.4) is 0 Å². The summed E-state index contributed by atoms with van der Waals surface area (Å²) >= 11 is 7.65. The summed E-state index contributed by atoms with van der Waals surface area (Å²) in [5, 5.41) is 22.1. The first-order chi connectivity index (χ1) is 12.6. The molecule has 0 aromatic heterocycles. The van der Waals surface area contributed by atoms with Gasteiger partial charge in [0.05, 0.1) is 22.4 Å². The summed E-state index contributed by atoms with van der Waals surface area (Å²) in [6.07, 6.45) is 0.103. The fourth-order valence-electron chi connectivity index (χ4n) is 3.57. The van der Waals surface area contributed by atoms with Gasteiger partial charge in [-0.3, -0.25) is 9.69 Å². The highest BCUT2D eigenvalue weighted by molar-refractivity contribution is 8.03. The van der Waals surface area contributed by atoms with E-state index < -0.39 is 11.6 Å². The van der Waals surface area contributed by atoms with Gasteiger partial charge in [0.2, 0.25) is 5.91 Å². The number of amides is 1. The number of nitriles is 1. The molecule has 130 valence electrons. The summed E-state index contributed by atoms with van der Waals surface area (Å²) in [7, 11) is 0. The number of allylic oxidation sites excluding steroid dienone is 1. The van der Waals surface area contributed by atoms with Crippen molar-refractivity contribution in [2.75, 3.05) is 5.75 Å². The number of carbonyl (C=O) groups excluding carboxylic acids is 1. The minimum Gasteiger partial charge on any atom is -0.366 e. The third kappa shape index (κ3) is 2.53. The summed E-state index contributed by atoms with van der Waals surface area (Å²) < 4.78 is 0. The van der Waals surface area contributed by atoms with Gasteiger partial charge in [-0.1, -0.05) is 60.1 Å². The Kier molecular flexibility index (Phi) is 4.28. The molecule has 2 aliphatic heterocycles. The van der Waals surface area contributed by atoms with Crippen molar-refractivity contribution in [2.45, 2.75) is 18.1 Å². The minimum absolute atomic E-state index is 0.103. The Morgan fingerprint density at radius 1 is 1.19 bits per heavy atom. The molecule has 26 heavy (non-hydrogen) atoms. The molecular weight excluding hydrogens is 368 g/mol. The first-order valence-corrected chi connectivity index (χ1v) is 9.55. The zero-order valence-electron chi connectivity index (χ0n) is 13.7. The van der Waals surface area contributed by atoms with E-state index in [0.717, 1.165) is 5.56 Å². The summed E-state index contributed by atoms with van der Waals surface area (Å²) in [4.78, 5) is 14.4. The van der Waals surface area contributed by atoms with Gasteiger partial charge in [0, 0.05) is 22.9 Å². The van der Waals surface area contributed by atoms with Gasteiger partial charge in [0.25, 0.3) is 0 Å². The third-order valence-corrected chi connectivity index (χ3v) is 6.39. The van der Waals surface area contributed by atoms with Crippen LogP contribution in [0.25, 0.3) is 0 Å². The van der Waals surface area contributed by atoms with Crippen LogP contribution in [0, 0.1) is 11.3 Å². The number of hydrogen-bond donors (Lipinski definition) is 1. The Labute approximate surface area is 160 Å². The topological polar surface area (TPSA) is 64.3 Å². The molecule has 0 unspecified atom stereocenters. The quantitative estimate of drug-likeness (QED) is 0.853. The number of hydrogen-bond acceptors (Lipinski definition) is 4. The first kappa shape index (κ1) is 17.2. The van der Waals surface area contributed by atoms with Crippen LogP contribution >= 0.6 is 23.4 Å². The van der Waals surface area contributed by atoms with E-state index in [4.69, 9.17) is 11.6 Å². The molecule has 2 aromatic carbocycles. The average molecular weight is 383 g/mol. The lowest BCUT2D eigenvalue weighted by atomic mass is 9.85. The minimum atomic E-state index is -1.44. The van der Waals surface area contributed by atoms with E-state index in [1.807, 2.05) is 36.4 Å². The van der Waals surface area contributed by atoms with Crippen molar-refractivity contribution in [2.24, 2.45) is 0 Å². The molecule has 4 rings (SSSR count). The highest BCUT2D eigenvalue weighted by Crippen LogP contribution is 2.52. The zero-order chi connectivity index (χ0) is 18.3. The molecule has 0 spiro atoms. The van der Waals surface area contributed by atoms with E-state index in [2.05, 4.69) is 6.07 Å². The SMILES string of the molecule is N#CC1=C2SC[C@@](O)(c3ccccc3)N2C(=O)C[C@@H]1c1ccccc1Cl. The van der Waals surface area contributed by atoms with Gasteiger partial charge in [-0.15, -0.1) is 11.8 Å². The van der Waals surface area contributed by atoms with Crippen molar-refractivity contribution in [3.8, 4) is 6.07 Å². The number of aliphatic hydroxyl groups is 1. The molecular formula is C20H15ClN2O2S. The van der Waals surface area contributed by atoms with Gasteiger partial charge in [-0.2, -0.15) is 5.26 Å². The second-order valence-corrected chi connectivity index (χ2v) is 7.68. The number of carbonyl (C=O) groups is 1. The van der Waals surface area contributed by atoms with E-state index >= 15 is 0 Å². The van der Waals surface area contributed by atoms with E-state index in [9.17, 15) is 15.2 Å². The van der Waals surface area contributed by atoms with Gasteiger partial charge in [0.15, 0.2) is 5.72 Å². The molecule has 4 nitrogen and oxygen atoms in total. The highest BCUT2D eigenvalue weighted by atomic mass is 35.5. The molecule has 1 amide bonds. The maximum absolute atomic E-state index is 13.0. The maximum atomic E-state index is 13.0. The molecule has 0 radical (unpaired) electrons. The molecule has 6 heteroatoms. The molecule has 2 heterocycles. The smallest absolute Gasteiger partial charge is 0.231 e. The van der Waals surface area contributed by atoms with Crippen LogP contribution in [0.15, 0.2) is 65.2 Å². The Morgan fingerprint density at radius 3 is 2.58 bits per heavy atom. The lowest BCUT2D eigenvalue weighted by molar-refractivity contribution is -0.149.